The van der Waals surface area contributed by atoms with E-state index in [1.807, 2.05) is 0 Å². The van der Waals surface area contributed by atoms with Crippen molar-refractivity contribution in [2.45, 2.75) is 18.6 Å². The first kappa shape index (κ1) is 22.7. The van der Waals surface area contributed by atoms with Crippen LogP contribution in [-0.4, -0.2) is 33.2 Å². The van der Waals surface area contributed by atoms with Crippen LogP contribution in [0.5, 0.6) is 0 Å². The van der Waals surface area contributed by atoms with Gasteiger partial charge in [-0.1, -0.05) is 42.1 Å². The Morgan fingerprint density at radius 2 is 1.79 bits per heavy atom. The minimum absolute atomic E-state index is 0.0246. The summed E-state index contributed by atoms with van der Waals surface area (Å²) in [6.45, 7) is 1.96. The molecule has 0 aliphatic heterocycles. The molecule has 1 aromatic heterocycles. The van der Waals surface area contributed by atoms with Gasteiger partial charge in [-0.25, -0.2) is 13.8 Å². The topological polar surface area (TPSA) is 55.2 Å². The highest BCUT2D eigenvalue weighted by atomic mass is 32.2. The molecule has 4 aromatic rings. The van der Waals surface area contributed by atoms with Crippen molar-refractivity contribution >= 4 is 28.6 Å². The van der Waals surface area contributed by atoms with Gasteiger partial charge in [-0.2, -0.15) is 0 Å². The van der Waals surface area contributed by atoms with Crippen LogP contribution in [0.1, 0.15) is 11.1 Å². The lowest BCUT2D eigenvalue weighted by Crippen LogP contribution is -2.28. The molecule has 0 fully saturated rings. The first-order valence-corrected chi connectivity index (χ1v) is 11.2. The number of amides is 1. The van der Waals surface area contributed by atoms with E-state index < -0.39 is 5.82 Å². The van der Waals surface area contributed by atoms with Gasteiger partial charge >= 0.3 is 0 Å². The van der Waals surface area contributed by atoms with Crippen molar-refractivity contribution in [2.75, 3.05) is 12.8 Å². The van der Waals surface area contributed by atoms with Crippen molar-refractivity contribution in [3.63, 3.8) is 0 Å². The number of aromatic nitrogens is 2. The summed E-state index contributed by atoms with van der Waals surface area (Å²) in [6.07, 6.45) is 0. The predicted molar refractivity (Wildman–Crippen MR) is 126 cm³/mol. The molecule has 1 amide bonds. The minimum Gasteiger partial charge on any atom is -0.341 e. The normalized spacial score (nSPS) is 11.0. The maximum atomic E-state index is 14.3. The lowest BCUT2D eigenvalue weighted by atomic mass is 10.2. The van der Waals surface area contributed by atoms with Gasteiger partial charge in [0.2, 0.25) is 5.91 Å². The molecule has 5 nitrogen and oxygen atoms in total. The Morgan fingerprint density at radius 1 is 1.06 bits per heavy atom. The molecule has 168 valence electrons. The Bertz CT molecular complexity index is 1390. The van der Waals surface area contributed by atoms with Crippen LogP contribution in [0, 0.1) is 18.6 Å². The van der Waals surface area contributed by atoms with E-state index in [0.29, 0.717) is 33.9 Å². The molecular weight excluding hydrogens is 444 g/mol. The van der Waals surface area contributed by atoms with Gasteiger partial charge in [0.05, 0.1) is 22.3 Å². The monoisotopic (exact) mass is 465 g/mol. The number of benzene rings is 3. The zero-order chi connectivity index (χ0) is 23.5. The molecule has 0 saturated heterocycles. The van der Waals surface area contributed by atoms with Crippen LogP contribution in [0.4, 0.5) is 8.78 Å². The number of thioether (sulfide) groups is 1. The summed E-state index contributed by atoms with van der Waals surface area (Å²) >= 11 is 1.11. The van der Waals surface area contributed by atoms with E-state index in [1.54, 1.807) is 62.5 Å². The lowest BCUT2D eigenvalue weighted by Gasteiger charge is -2.18. The standard InChI is InChI=1S/C25H21F2N3O2S/c1-16-7-12-19(13-21(16)27)30-24(32)20-5-3-4-6-22(20)28-25(30)33-15-23(31)29(2)14-17-8-10-18(26)11-9-17/h3-13H,14-15H2,1-2H3. The number of hydrogen-bond acceptors (Lipinski definition) is 4. The van der Waals surface area contributed by atoms with Crippen molar-refractivity contribution in [1.82, 2.24) is 14.5 Å². The fourth-order valence-corrected chi connectivity index (χ4v) is 4.30. The molecule has 0 unspecified atom stereocenters. The summed E-state index contributed by atoms with van der Waals surface area (Å²) in [4.78, 5) is 32.1. The predicted octanol–water partition coefficient (Wildman–Crippen LogP) is 4.72. The van der Waals surface area contributed by atoms with E-state index in [-0.39, 0.29) is 23.0 Å². The second-order valence-corrected chi connectivity index (χ2v) is 8.59. The molecule has 0 N–H and O–H groups in total. The third-order valence-electron chi connectivity index (χ3n) is 5.24. The van der Waals surface area contributed by atoms with Gasteiger partial charge in [0, 0.05) is 13.6 Å². The average molecular weight is 466 g/mol. The number of carbonyl (C=O) groups excluding carboxylic acids is 1. The van der Waals surface area contributed by atoms with E-state index in [2.05, 4.69) is 4.98 Å². The maximum Gasteiger partial charge on any atom is 0.266 e. The van der Waals surface area contributed by atoms with E-state index in [1.165, 1.54) is 27.7 Å². The smallest absolute Gasteiger partial charge is 0.266 e. The molecule has 1 heterocycles. The van der Waals surface area contributed by atoms with Gasteiger partial charge in [-0.15, -0.1) is 0 Å². The van der Waals surface area contributed by atoms with Crippen LogP contribution in [0.25, 0.3) is 16.6 Å². The summed E-state index contributed by atoms with van der Waals surface area (Å²) < 4.78 is 28.7. The third kappa shape index (κ3) is 4.96. The van der Waals surface area contributed by atoms with Crippen molar-refractivity contribution in [3.05, 3.63) is 99.8 Å². The van der Waals surface area contributed by atoms with E-state index in [9.17, 15) is 18.4 Å². The molecule has 4 rings (SSSR count). The summed E-state index contributed by atoms with van der Waals surface area (Å²) in [5.74, 6) is -0.931. The number of hydrogen-bond donors (Lipinski definition) is 0. The molecule has 0 aliphatic carbocycles. The van der Waals surface area contributed by atoms with Crippen molar-refractivity contribution in [1.29, 1.82) is 0 Å². The van der Waals surface area contributed by atoms with Gasteiger partial charge < -0.3 is 4.90 Å². The van der Waals surface area contributed by atoms with Gasteiger partial charge in [0.1, 0.15) is 11.6 Å². The van der Waals surface area contributed by atoms with Gasteiger partial charge in [0.25, 0.3) is 5.56 Å². The summed E-state index contributed by atoms with van der Waals surface area (Å²) in [5, 5.41) is 0.702. The van der Waals surface area contributed by atoms with Crippen LogP contribution >= 0.6 is 11.8 Å². The molecule has 0 atom stereocenters. The SMILES string of the molecule is Cc1ccc(-n2c(SCC(=O)N(C)Cc3ccc(F)cc3)nc3ccccc3c2=O)cc1F. The quantitative estimate of drug-likeness (QED) is 0.305. The summed E-state index contributed by atoms with van der Waals surface area (Å²) in [6, 6.07) is 17.4. The highest BCUT2D eigenvalue weighted by Gasteiger charge is 2.17. The fourth-order valence-electron chi connectivity index (χ4n) is 3.35. The molecule has 0 aliphatic rings. The van der Waals surface area contributed by atoms with E-state index in [4.69, 9.17) is 0 Å². The third-order valence-corrected chi connectivity index (χ3v) is 6.17. The molecule has 0 spiro atoms. The Kier molecular flexibility index (Phi) is 6.55. The first-order valence-electron chi connectivity index (χ1n) is 10.2. The van der Waals surface area contributed by atoms with Gasteiger partial charge in [-0.3, -0.25) is 14.2 Å². The largest absolute Gasteiger partial charge is 0.341 e. The van der Waals surface area contributed by atoms with Crippen molar-refractivity contribution in [2.24, 2.45) is 0 Å². The second kappa shape index (κ2) is 9.54. The van der Waals surface area contributed by atoms with E-state index in [0.717, 1.165) is 17.3 Å². The molecular formula is C25H21F2N3O2S. The summed E-state index contributed by atoms with van der Waals surface area (Å²) in [7, 11) is 1.66. The molecule has 0 bridgehead atoms. The molecule has 0 saturated carbocycles. The maximum absolute atomic E-state index is 14.3. The zero-order valence-electron chi connectivity index (χ0n) is 18.1. The molecule has 0 radical (unpaired) electrons. The Morgan fingerprint density at radius 3 is 2.52 bits per heavy atom. The fraction of sp³-hybridized carbons (Fsp3) is 0.160. The highest BCUT2D eigenvalue weighted by Crippen LogP contribution is 2.23. The lowest BCUT2D eigenvalue weighted by molar-refractivity contribution is -0.127. The average Bonchev–Trinajstić information content (AvgIpc) is 2.81. The number of carbonyl (C=O) groups is 1. The second-order valence-electron chi connectivity index (χ2n) is 7.65. The van der Waals surface area contributed by atoms with Gasteiger partial charge in [0.15, 0.2) is 5.16 Å². The van der Waals surface area contributed by atoms with Crippen LogP contribution in [-0.2, 0) is 11.3 Å². The Balaban J connectivity index is 1.63. The Labute approximate surface area is 193 Å². The van der Waals surface area contributed by atoms with Crippen LogP contribution in [0.2, 0.25) is 0 Å². The number of para-hydroxylation sites is 1. The minimum atomic E-state index is -0.432. The van der Waals surface area contributed by atoms with Crippen LogP contribution in [0.15, 0.2) is 76.7 Å². The number of halogens is 2. The summed E-state index contributed by atoms with van der Waals surface area (Å²) in [5.41, 5.74) is 1.77. The number of aryl methyl sites for hydroxylation is 1. The van der Waals surface area contributed by atoms with E-state index >= 15 is 0 Å². The highest BCUT2D eigenvalue weighted by molar-refractivity contribution is 7.99. The molecule has 8 heteroatoms. The first-order chi connectivity index (χ1) is 15.8. The van der Waals surface area contributed by atoms with Crippen molar-refractivity contribution in [3.8, 4) is 5.69 Å². The van der Waals surface area contributed by atoms with Gasteiger partial charge in [-0.05, 0) is 54.4 Å². The molecule has 3 aromatic carbocycles. The zero-order valence-corrected chi connectivity index (χ0v) is 18.9. The van der Waals surface area contributed by atoms with Crippen LogP contribution in [0.3, 0.4) is 0 Å². The number of fused-ring (bicyclic) bond motifs is 1. The van der Waals surface area contributed by atoms with Crippen molar-refractivity contribution < 1.29 is 13.6 Å². The van der Waals surface area contributed by atoms with Crippen LogP contribution < -0.4 is 5.56 Å². The number of nitrogens with zero attached hydrogens (tertiary/aromatic N) is 3. The molecule has 33 heavy (non-hydrogen) atoms. The Hall–Kier alpha value is -3.52. The number of rotatable bonds is 6.